The van der Waals surface area contributed by atoms with Gasteiger partial charge in [0.05, 0.1) is 0 Å². The van der Waals surface area contributed by atoms with Crippen LogP contribution in [0, 0.1) is 6.92 Å². The van der Waals surface area contributed by atoms with E-state index in [0.29, 0.717) is 6.54 Å². The molecule has 1 rings (SSSR count). The fourth-order valence-corrected chi connectivity index (χ4v) is 1.69. The van der Waals surface area contributed by atoms with Crippen molar-refractivity contribution in [2.45, 2.75) is 19.9 Å². The van der Waals surface area contributed by atoms with Crippen molar-refractivity contribution in [3.63, 3.8) is 0 Å². The van der Waals surface area contributed by atoms with E-state index in [2.05, 4.69) is 22.9 Å². The highest BCUT2D eigenvalue weighted by Gasteiger charge is 2.06. The van der Waals surface area contributed by atoms with Crippen LogP contribution in [-0.4, -0.2) is 32.3 Å². The molecule has 0 spiro atoms. The number of pyridine rings is 1. The van der Waals surface area contributed by atoms with Crippen LogP contribution in [0.1, 0.15) is 17.5 Å². The summed E-state index contributed by atoms with van der Waals surface area (Å²) >= 11 is 0. The van der Waals surface area contributed by atoms with Crippen molar-refractivity contribution in [2.75, 3.05) is 32.2 Å². The van der Waals surface area contributed by atoms with Crippen molar-refractivity contribution in [3.8, 4) is 0 Å². The number of aromatic nitrogens is 1. The minimum absolute atomic E-state index is 0.543. The van der Waals surface area contributed by atoms with Gasteiger partial charge in [-0.15, -0.1) is 0 Å². The zero-order valence-electron chi connectivity index (χ0n) is 10.4. The van der Waals surface area contributed by atoms with Gasteiger partial charge in [0.15, 0.2) is 0 Å². The standard InChI is InChI=1S/C12H21N3O/c1-10-7-11(8-13)9-14-12(10)15(2)5-4-6-16-3/h7,9H,4-6,8,13H2,1-3H3. The quantitative estimate of drug-likeness (QED) is 0.739. The second kappa shape index (κ2) is 6.45. The maximum Gasteiger partial charge on any atom is 0.131 e. The molecule has 0 aliphatic carbocycles. The van der Waals surface area contributed by atoms with Gasteiger partial charge in [-0.25, -0.2) is 4.98 Å². The fraction of sp³-hybridized carbons (Fsp3) is 0.583. The van der Waals surface area contributed by atoms with E-state index < -0.39 is 0 Å². The summed E-state index contributed by atoms with van der Waals surface area (Å²) in [5.74, 6) is 1.02. The lowest BCUT2D eigenvalue weighted by atomic mass is 10.2. The van der Waals surface area contributed by atoms with Crippen molar-refractivity contribution >= 4 is 5.82 Å². The maximum absolute atomic E-state index is 5.57. The first-order chi connectivity index (χ1) is 7.69. The van der Waals surface area contributed by atoms with Crippen LogP contribution in [0.3, 0.4) is 0 Å². The normalized spacial score (nSPS) is 10.5. The van der Waals surface area contributed by atoms with Gasteiger partial charge in [0.2, 0.25) is 0 Å². The van der Waals surface area contributed by atoms with Crippen molar-refractivity contribution in [3.05, 3.63) is 23.4 Å². The minimum Gasteiger partial charge on any atom is -0.385 e. The molecule has 1 heterocycles. The molecule has 4 heteroatoms. The Balaban J connectivity index is 2.64. The second-order valence-electron chi connectivity index (χ2n) is 3.96. The van der Waals surface area contributed by atoms with Crippen molar-refractivity contribution < 1.29 is 4.74 Å². The van der Waals surface area contributed by atoms with E-state index in [0.717, 1.165) is 31.0 Å². The molecule has 1 aromatic heterocycles. The van der Waals surface area contributed by atoms with Gasteiger partial charge in [-0.3, -0.25) is 0 Å². The number of hydrogen-bond donors (Lipinski definition) is 1. The lowest BCUT2D eigenvalue weighted by molar-refractivity contribution is 0.196. The summed E-state index contributed by atoms with van der Waals surface area (Å²) in [5.41, 5.74) is 7.82. The summed E-state index contributed by atoms with van der Waals surface area (Å²) in [5, 5.41) is 0. The van der Waals surface area contributed by atoms with Crippen LogP contribution in [0.4, 0.5) is 5.82 Å². The number of nitrogens with two attached hydrogens (primary N) is 1. The van der Waals surface area contributed by atoms with E-state index in [1.807, 2.05) is 13.2 Å². The third kappa shape index (κ3) is 3.47. The van der Waals surface area contributed by atoms with Gasteiger partial charge in [0, 0.05) is 40.1 Å². The third-order valence-corrected chi connectivity index (χ3v) is 2.55. The number of ether oxygens (including phenoxy) is 1. The first-order valence-corrected chi connectivity index (χ1v) is 5.54. The minimum atomic E-state index is 0.543. The summed E-state index contributed by atoms with van der Waals surface area (Å²) in [6.07, 6.45) is 2.85. The first kappa shape index (κ1) is 12.9. The van der Waals surface area contributed by atoms with Crippen molar-refractivity contribution in [2.24, 2.45) is 5.73 Å². The molecule has 16 heavy (non-hydrogen) atoms. The van der Waals surface area contributed by atoms with Crippen molar-refractivity contribution in [1.29, 1.82) is 0 Å². The average molecular weight is 223 g/mol. The van der Waals surface area contributed by atoms with Crippen LogP contribution < -0.4 is 10.6 Å². The van der Waals surface area contributed by atoms with Gasteiger partial charge >= 0.3 is 0 Å². The molecule has 0 fully saturated rings. The average Bonchev–Trinajstić information content (AvgIpc) is 2.29. The number of aryl methyl sites for hydroxylation is 1. The van der Waals surface area contributed by atoms with Crippen molar-refractivity contribution in [1.82, 2.24) is 4.98 Å². The predicted molar refractivity (Wildman–Crippen MR) is 66.6 cm³/mol. The zero-order valence-corrected chi connectivity index (χ0v) is 10.4. The maximum atomic E-state index is 5.57. The first-order valence-electron chi connectivity index (χ1n) is 5.54. The van der Waals surface area contributed by atoms with Crippen LogP contribution >= 0.6 is 0 Å². The van der Waals surface area contributed by atoms with Gasteiger partial charge in [-0.05, 0) is 30.5 Å². The Hall–Kier alpha value is -1.13. The third-order valence-electron chi connectivity index (χ3n) is 2.55. The molecule has 0 atom stereocenters. The summed E-state index contributed by atoms with van der Waals surface area (Å²) in [7, 11) is 3.77. The highest BCUT2D eigenvalue weighted by atomic mass is 16.5. The Morgan fingerprint density at radius 2 is 2.25 bits per heavy atom. The smallest absolute Gasteiger partial charge is 0.131 e. The van der Waals surface area contributed by atoms with Crippen LogP contribution in [0.25, 0.3) is 0 Å². The summed E-state index contributed by atoms with van der Waals surface area (Å²) < 4.78 is 5.03. The Bertz CT molecular complexity index is 328. The molecule has 0 aliphatic rings. The van der Waals surface area contributed by atoms with E-state index in [1.165, 1.54) is 5.56 Å². The lowest BCUT2D eigenvalue weighted by Gasteiger charge is -2.20. The molecule has 0 saturated carbocycles. The van der Waals surface area contributed by atoms with Crippen LogP contribution in [-0.2, 0) is 11.3 Å². The highest BCUT2D eigenvalue weighted by Crippen LogP contribution is 2.16. The molecular weight excluding hydrogens is 202 g/mol. The number of anilines is 1. The number of methoxy groups -OCH3 is 1. The molecule has 0 aliphatic heterocycles. The second-order valence-corrected chi connectivity index (χ2v) is 3.96. The van der Waals surface area contributed by atoms with Gasteiger partial charge < -0.3 is 15.4 Å². The zero-order chi connectivity index (χ0) is 12.0. The molecule has 1 aromatic rings. The van der Waals surface area contributed by atoms with Gasteiger partial charge in [-0.1, -0.05) is 0 Å². The molecule has 0 bridgehead atoms. The Morgan fingerprint density at radius 3 is 2.81 bits per heavy atom. The molecule has 2 N–H and O–H groups in total. The predicted octanol–water partition coefficient (Wildman–Crippen LogP) is 1.32. The Kier molecular flexibility index (Phi) is 5.22. The van der Waals surface area contributed by atoms with E-state index in [-0.39, 0.29) is 0 Å². The van der Waals surface area contributed by atoms with Gasteiger partial charge in [0.1, 0.15) is 5.82 Å². The molecule has 0 radical (unpaired) electrons. The molecule has 0 amide bonds. The molecule has 90 valence electrons. The van der Waals surface area contributed by atoms with Gasteiger partial charge in [-0.2, -0.15) is 0 Å². The Labute approximate surface area is 97.4 Å². The van der Waals surface area contributed by atoms with Crippen LogP contribution in [0.2, 0.25) is 0 Å². The number of hydrogen-bond acceptors (Lipinski definition) is 4. The van der Waals surface area contributed by atoms with E-state index >= 15 is 0 Å². The lowest BCUT2D eigenvalue weighted by Crippen LogP contribution is -2.22. The number of nitrogens with zero attached hydrogens (tertiary/aromatic N) is 2. The van der Waals surface area contributed by atoms with E-state index in [9.17, 15) is 0 Å². The summed E-state index contributed by atoms with van der Waals surface area (Å²) in [6.45, 7) is 4.34. The SMILES string of the molecule is COCCCN(C)c1ncc(CN)cc1C. The van der Waals surface area contributed by atoms with E-state index in [1.54, 1.807) is 7.11 Å². The molecule has 0 saturated heterocycles. The molecule has 0 unspecified atom stereocenters. The summed E-state index contributed by atoms with van der Waals surface area (Å²) in [4.78, 5) is 6.58. The number of rotatable bonds is 6. The Morgan fingerprint density at radius 1 is 1.50 bits per heavy atom. The molecule has 0 aromatic carbocycles. The largest absolute Gasteiger partial charge is 0.385 e. The van der Waals surface area contributed by atoms with Crippen LogP contribution in [0.15, 0.2) is 12.3 Å². The van der Waals surface area contributed by atoms with Gasteiger partial charge in [0.25, 0.3) is 0 Å². The van der Waals surface area contributed by atoms with Crippen LogP contribution in [0.5, 0.6) is 0 Å². The topological polar surface area (TPSA) is 51.4 Å². The molecule has 4 nitrogen and oxygen atoms in total. The van der Waals surface area contributed by atoms with E-state index in [4.69, 9.17) is 10.5 Å². The monoisotopic (exact) mass is 223 g/mol. The summed E-state index contributed by atoms with van der Waals surface area (Å²) in [6, 6.07) is 2.09. The highest BCUT2D eigenvalue weighted by molar-refractivity contribution is 5.46. The molecular formula is C12H21N3O. The fourth-order valence-electron chi connectivity index (χ4n) is 1.69.